The van der Waals surface area contributed by atoms with Gasteiger partial charge in [-0.05, 0) is 25.5 Å². The molecule has 0 bridgehead atoms. The van der Waals surface area contributed by atoms with E-state index in [1.165, 1.54) is 6.92 Å². The lowest BCUT2D eigenvalue weighted by Gasteiger charge is -2.40. The Bertz CT molecular complexity index is 1440. The van der Waals surface area contributed by atoms with Crippen molar-refractivity contribution in [2.75, 3.05) is 6.61 Å². The van der Waals surface area contributed by atoms with Crippen LogP contribution in [0.1, 0.15) is 18.4 Å². The van der Waals surface area contributed by atoms with Crippen LogP contribution in [0, 0.1) is 6.92 Å². The molecule has 0 saturated heterocycles. The first-order valence-electron chi connectivity index (χ1n) is 11.8. The summed E-state index contributed by atoms with van der Waals surface area (Å²) in [5, 5.41) is 0. The molecule has 294 valence electrons. The van der Waals surface area contributed by atoms with Crippen molar-refractivity contribution in [2.45, 2.75) is 90.8 Å². The van der Waals surface area contributed by atoms with Crippen LogP contribution in [0.15, 0.2) is 29.2 Å². The van der Waals surface area contributed by atoms with E-state index in [4.69, 9.17) is 0 Å². The number of benzene rings is 1. The van der Waals surface area contributed by atoms with Crippen molar-refractivity contribution in [2.24, 2.45) is 0 Å². The van der Waals surface area contributed by atoms with Crippen molar-refractivity contribution in [3.8, 4) is 0 Å². The van der Waals surface area contributed by atoms with Crippen LogP contribution in [-0.4, -0.2) is 81.2 Å². The maximum Gasteiger partial charge on any atom is 0.460 e. The third-order valence-electron chi connectivity index (χ3n) is 5.76. The predicted octanol–water partition coefficient (Wildman–Crippen LogP) is 9.26. The first kappa shape index (κ1) is 45.5. The van der Waals surface area contributed by atoms with E-state index in [1.54, 1.807) is 0 Å². The molecule has 0 saturated carbocycles. The van der Waals surface area contributed by atoms with Gasteiger partial charge in [-0.25, -0.2) is 9.47 Å². The van der Waals surface area contributed by atoms with Crippen molar-refractivity contribution >= 4 is 10.1 Å². The fraction of sp³-hybridized carbons (Fsp3) is 0.714. The van der Waals surface area contributed by atoms with E-state index in [0.717, 1.165) is 33.7 Å². The third kappa shape index (κ3) is 7.92. The first-order chi connectivity index (χ1) is 21.6. The Hall–Kier alpha value is -2.56. The van der Waals surface area contributed by atoms with Gasteiger partial charge < -0.3 is 0 Å². The standard InChI is InChI=1S/C21H13F23O5S/c1-9-3-5-10(6-4-9)50(45,46)47-8-2-7-11(22,23)12(24,25)13(26,27)15(30,31)18(37,38)48-20(41,42)21(43,44)49-19(39,40)16(32,33)14(28,29)17(34,35)36/h3-6H,2,7-8H2,1H3. The van der Waals surface area contributed by atoms with Gasteiger partial charge in [0.15, 0.2) is 0 Å². The Morgan fingerprint density at radius 3 is 1.22 bits per heavy atom. The van der Waals surface area contributed by atoms with Gasteiger partial charge in [0.05, 0.1) is 11.5 Å². The van der Waals surface area contributed by atoms with Crippen LogP contribution in [0.3, 0.4) is 0 Å². The molecule has 0 aliphatic heterocycles. The van der Waals surface area contributed by atoms with Gasteiger partial charge in [0.1, 0.15) is 0 Å². The number of ether oxygens (including phenoxy) is 2. The van der Waals surface area contributed by atoms with Crippen LogP contribution < -0.4 is 0 Å². The molecule has 50 heavy (non-hydrogen) atoms. The van der Waals surface area contributed by atoms with E-state index in [9.17, 15) is 109 Å². The number of aryl methyl sites for hydroxylation is 1. The van der Waals surface area contributed by atoms with Crippen molar-refractivity contribution in [1.82, 2.24) is 0 Å². The zero-order valence-electron chi connectivity index (χ0n) is 23.1. The average Bonchev–Trinajstić information content (AvgIpc) is 2.88. The molecule has 5 nitrogen and oxygen atoms in total. The summed E-state index contributed by atoms with van der Waals surface area (Å²) in [4.78, 5) is -0.710. The molecule has 0 spiro atoms. The Labute approximate surface area is 261 Å². The zero-order valence-corrected chi connectivity index (χ0v) is 23.9. The highest BCUT2D eigenvalue weighted by atomic mass is 32.2. The smallest absolute Gasteiger partial charge is 0.266 e. The van der Waals surface area contributed by atoms with Crippen LogP contribution in [0.4, 0.5) is 101 Å². The molecule has 0 amide bonds. The molecule has 0 aromatic heterocycles. The summed E-state index contributed by atoms with van der Waals surface area (Å²) in [5.41, 5.74) is 0.448. The second-order valence-electron chi connectivity index (χ2n) is 9.54. The van der Waals surface area contributed by atoms with Gasteiger partial charge in [-0.1, -0.05) is 17.7 Å². The molecular formula is C21H13F23O5S. The Kier molecular flexibility index (Phi) is 11.9. The molecule has 29 heteroatoms. The molecule has 1 aromatic rings. The highest BCUT2D eigenvalue weighted by Gasteiger charge is 2.89. The molecule has 0 heterocycles. The Balaban J connectivity index is 3.29. The lowest BCUT2D eigenvalue weighted by atomic mass is 9.95. The molecule has 1 rings (SSSR count). The summed E-state index contributed by atoms with van der Waals surface area (Å²) in [6.45, 7) is -0.206. The summed E-state index contributed by atoms with van der Waals surface area (Å²) >= 11 is 0. The monoisotopic (exact) mass is 814 g/mol. The van der Waals surface area contributed by atoms with Crippen LogP contribution in [0.2, 0.25) is 0 Å². The van der Waals surface area contributed by atoms with E-state index in [2.05, 4.69) is 4.18 Å². The van der Waals surface area contributed by atoms with Crippen molar-refractivity contribution < 1.29 is 123 Å². The normalized spacial score (nSPS) is 15.8. The maximum absolute atomic E-state index is 14.0. The molecule has 0 unspecified atom stereocenters. The minimum atomic E-state index is -8.62. The number of halogens is 23. The molecule has 0 radical (unpaired) electrons. The maximum atomic E-state index is 14.0. The largest absolute Gasteiger partial charge is 0.460 e. The van der Waals surface area contributed by atoms with Crippen molar-refractivity contribution in [3.63, 3.8) is 0 Å². The zero-order chi connectivity index (χ0) is 40.2. The van der Waals surface area contributed by atoms with E-state index in [-0.39, 0.29) is 0 Å². The quantitative estimate of drug-likeness (QED) is 0.0893. The SMILES string of the molecule is Cc1ccc(S(=O)(=O)OCCCC(F)(F)C(F)(F)C(F)(F)C(F)(F)C(F)(F)OC(F)(F)C(F)(F)OC(F)(F)C(F)(F)C(F)(F)C(F)(F)F)cc1. The molecular weight excluding hydrogens is 801 g/mol. The van der Waals surface area contributed by atoms with Gasteiger partial charge in [-0.2, -0.15) is 109 Å². The molecule has 0 aliphatic carbocycles. The van der Waals surface area contributed by atoms with Gasteiger partial charge in [-0.15, -0.1) is 0 Å². The summed E-state index contributed by atoms with van der Waals surface area (Å²) in [5.74, 6) is -48.3. The Morgan fingerprint density at radius 2 is 0.860 bits per heavy atom. The predicted molar refractivity (Wildman–Crippen MR) is 111 cm³/mol. The molecule has 1 aromatic carbocycles. The average molecular weight is 814 g/mol. The van der Waals surface area contributed by atoms with Crippen molar-refractivity contribution in [1.29, 1.82) is 0 Å². The minimum absolute atomic E-state index is 0.448. The molecule has 0 fully saturated rings. The van der Waals surface area contributed by atoms with E-state index < -0.39 is 101 Å². The summed E-state index contributed by atoms with van der Waals surface area (Å²) in [6, 6.07) is 3.97. The number of hydrogen-bond acceptors (Lipinski definition) is 5. The van der Waals surface area contributed by atoms with Gasteiger partial charge in [0, 0.05) is 6.42 Å². The summed E-state index contributed by atoms with van der Waals surface area (Å²) in [6.07, 6.45) is -45.9. The summed E-state index contributed by atoms with van der Waals surface area (Å²) in [7, 11) is -4.90. The van der Waals surface area contributed by atoms with E-state index in [0.29, 0.717) is 5.56 Å². The minimum Gasteiger partial charge on any atom is -0.266 e. The number of alkyl halides is 23. The molecule has 0 aliphatic rings. The van der Waals surface area contributed by atoms with Crippen LogP contribution >= 0.6 is 0 Å². The molecule has 0 atom stereocenters. The second-order valence-corrected chi connectivity index (χ2v) is 11.2. The lowest BCUT2D eigenvalue weighted by molar-refractivity contribution is -0.558. The van der Waals surface area contributed by atoms with Gasteiger partial charge in [-0.3, -0.25) is 4.18 Å². The third-order valence-corrected chi connectivity index (χ3v) is 7.09. The van der Waals surface area contributed by atoms with Gasteiger partial charge in [0.25, 0.3) is 10.1 Å². The first-order valence-corrected chi connectivity index (χ1v) is 13.2. The van der Waals surface area contributed by atoms with Crippen LogP contribution in [-0.2, 0) is 23.8 Å². The van der Waals surface area contributed by atoms with Gasteiger partial charge in [0.2, 0.25) is 0 Å². The lowest BCUT2D eigenvalue weighted by Crippen LogP contribution is -2.69. The summed E-state index contributed by atoms with van der Waals surface area (Å²) < 4.78 is 337. The van der Waals surface area contributed by atoms with Crippen LogP contribution in [0.25, 0.3) is 0 Å². The number of hydrogen-bond donors (Lipinski definition) is 0. The molecule has 0 N–H and O–H groups in total. The van der Waals surface area contributed by atoms with E-state index >= 15 is 0 Å². The Morgan fingerprint density at radius 1 is 0.500 bits per heavy atom. The topological polar surface area (TPSA) is 61.8 Å². The van der Waals surface area contributed by atoms with Crippen molar-refractivity contribution in [3.05, 3.63) is 29.8 Å². The fourth-order valence-corrected chi connectivity index (χ4v) is 3.87. The fourth-order valence-electron chi connectivity index (χ4n) is 2.93. The van der Waals surface area contributed by atoms with Gasteiger partial charge >= 0.3 is 66.1 Å². The van der Waals surface area contributed by atoms with Crippen LogP contribution in [0.5, 0.6) is 0 Å². The highest BCUT2D eigenvalue weighted by Crippen LogP contribution is 2.60. The van der Waals surface area contributed by atoms with E-state index in [1.807, 2.05) is 0 Å². The second kappa shape index (κ2) is 13.1. The number of rotatable bonds is 17. The highest BCUT2D eigenvalue weighted by molar-refractivity contribution is 7.86.